The van der Waals surface area contributed by atoms with Crippen molar-refractivity contribution < 1.29 is 4.79 Å². The highest BCUT2D eigenvalue weighted by molar-refractivity contribution is 7.13. The number of benzene rings is 1. The molecule has 1 amide bonds. The second-order valence-electron chi connectivity index (χ2n) is 6.37. The lowest BCUT2D eigenvalue weighted by atomic mass is 10.0. The van der Waals surface area contributed by atoms with Gasteiger partial charge in [0.15, 0.2) is 0 Å². The van der Waals surface area contributed by atoms with Gasteiger partial charge in [-0.1, -0.05) is 38.1 Å². The van der Waals surface area contributed by atoms with Gasteiger partial charge >= 0.3 is 0 Å². The summed E-state index contributed by atoms with van der Waals surface area (Å²) < 4.78 is 0. The summed E-state index contributed by atoms with van der Waals surface area (Å²) in [5.41, 5.74) is 2.95. The van der Waals surface area contributed by atoms with Crippen molar-refractivity contribution in [3.8, 4) is 10.6 Å². The number of aromatic nitrogens is 1. The van der Waals surface area contributed by atoms with E-state index < -0.39 is 0 Å². The van der Waals surface area contributed by atoms with Crippen molar-refractivity contribution >= 4 is 42.1 Å². The molecular weight excluding hydrogens is 377 g/mol. The molecule has 4 nitrogen and oxygen atoms in total. The number of amides is 1. The largest absolute Gasteiger partial charge is 0.332 e. The van der Waals surface area contributed by atoms with Crippen LogP contribution in [-0.4, -0.2) is 41.5 Å². The molecule has 0 bridgehead atoms. The Balaban J connectivity index is 0.00000156. The first-order chi connectivity index (χ1) is 11.1. The summed E-state index contributed by atoms with van der Waals surface area (Å²) >= 11 is 1.54. The molecule has 7 heteroatoms. The molecule has 1 N–H and O–H groups in total. The standard InChI is InChI=1S/C18H23N3OS.2ClH/c1-12(2)14-4-6-15(7-5-14)17-20-16(11-23-17)18(22)21-9-8-19-10-13(21)3;;/h4-7,11-13,19H,8-10H2,1-3H3;2*1H. The monoisotopic (exact) mass is 401 g/mol. The minimum atomic E-state index is 0. The molecule has 138 valence electrons. The molecule has 3 rings (SSSR count). The lowest BCUT2D eigenvalue weighted by Gasteiger charge is -2.33. The molecule has 2 heterocycles. The van der Waals surface area contributed by atoms with Gasteiger partial charge in [0.25, 0.3) is 5.91 Å². The zero-order chi connectivity index (χ0) is 16.4. The molecule has 0 saturated carbocycles. The number of nitrogens with zero attached hydrogens (tertiary/aromatic N) is 2. The molecule has 0 radical (unpaired) electrons. The molecule has 1 aliphatic rings. The van der Waals surface area contributed by atoms with Gasteiger partial charge < -0.3 is 10.2 Å². The highest BCUT2D eigenvalue weighted by Gasteiger charge is 2.25. The minimum absolute atomic E-state index is 0. The molecule has 1 saturated heterocycles. The highest BCUT2D eigenvalue weighted by Crippen LogP contribution is 2.26. The van der Waals surface area contributed by atoms with Gasteiger partial charge in [0.05, 0.1) is 0 Å². The van der Waals surface area contributed by atoms with E-state index in [1.54, 1.807) is 0 Å². The fourth-order valence-corrected chi connectivity index (χ4v) is 3.61. The average molecular weight is 402 g/mol. The maximum Gasteiger partial charge on any atom is 0.273 e. The molecule has 0 aliphatic carbocycles. The van der Waals surface area contributed by atoms with E-state index >= 15 is 0 Å². The van der Waals surface area contributed by atoms with E-state index in [0.29, 0.717) is 11.6 Å². The molecule has 25 heavy (non-hydrogen) atoms. The van der Waals surface area contributed by atoms with E-state index in [2.05, 4.69) is 55.3 Å². The Labute approximate surface area is 165 Å². The van der Waals surface area contributed by atoms with Gasteiger partial charge in [-0.2, -0.15) is 0 Å². The van der Waals surface area contributed by atoms with E-state index in [1.165, 1.54) is 16.9 Å². The summed E-state index contributed by atoms with van der Waals surface area (Å²) in [5, 5.41) is 6.09. The lowest BCUT2D eigenvalue weighted by molar-refractivity contribution is 0.0650. The van der Waals surface area contributed by atoms with Crippen LogP contribution in [0, 0.1) is 0 Å². The van der Waals surface area contributed by atoms with Gasteiger partial charge in [-0.15, -0.1) is 36.2 Å². The molecule has 1 aromatic heterocycles. The van der Waals surface area contributed by atoms with Crippen LogP contribution < -0.4 is 5.32 Å². The third kappa shape index (κ3) is 4.94. The van der Waals surface area contributed by atoms with E-state index in [9.17, 15) is 4.79 Å². The summed E-state index contributed by atoms with van der Waals surface area (Å²) in [7, 11) is 0. The van der Waals surface area contributed by atoms with Gasteiger partial charge in [-0.05, 0) is 18.4 Å². The number of rotatable bonds is 3. The zero-order valence-corrected chi connectivity index (χ0v) is 17.1. The predicted octanol–water partition coefficient (Wildman–Crippen LogP) is 4.21. The number of halogens is 2. The molecule has 1 fully saturated rings. The summed E-state index contributed by atoms with van der Waals surface area (Å²) in [6, 6.07) is 8.68. The minimum Gasteiger partial charge on any atom is -0.332 e. The molecule has 1 atom stereocenters. The normalized spacial score (nSPS) is 17.0. The summed E-state index contributed by atoms with van der Waals surface area (Å²) in [6.07, 6.45) is 0. The van der Waals surface area contributed by atoms with E-state index in [1.807, 2.05) is 10.3 Å². The molecule has 1 unspecified atom stereocenters. The van der Waals surface area contributed by atoms with Crippen molar-refractivity contribution in [2.45, 2.75) is 32.7 Å². The fraction of sp³-hybridized carbons (Fsp3) is 0.444. The van der Waals surface area contributed by atoms with E-state index in [4.69, 9.17) is 0 Å². The summed E-state index contributed by atoms with van der Waals surface area (Å²) in [6.45, 7) is 8.88. The number of nitrogens with one attached hydrogen (secondary N) is 1. The van der Waals surface area contributed by atoms with Crippen LogP contribution >= 0.6 is 36.2 Å². The Kier molecular flexibility index (Phi) is 8.35. The maximum atomic E-state index is 12.6. The van der Waals surface area contributed by atoms with Crippen molar-refractivity contribution in [1.82, 2.24) is 15.2 Å². The Hall–Kier alpha value is -1.14. The van der Waals surface area contributed by atoms with Crippen LogP contribution in [0.3, 0.4) is 0 Å². The summed E-state index contributed by atoms with van der Waals surface area (Å²) in [5.74, 6) is 0.562. The van der Waals surface area contributed by atoms with Gasteiger partial charge in [0.1, 0.15) is 10.7 Å². The van der Waals surface area contributed by atoms with Crippen molar-refractivity contribution in [2.24, 2.45) is 0 Å². The van der Waals surface area contributed by atoms with Gasteiger partial charge in [0, 0.05) is 36.6 Å². The molecule has 0 spiro atoms. The molecule has 1 aliphatic heterocycles. The van der Waals surface area contributed by atoms with Gasteiger partial charge in [-0.3, -0.25) is 4.79 Å². The van der Waals surface area contributed by atoms with Crippen molar-refractivity contribution in [1.29, 1.82) is 0 Å². The quantitative estimate of drug-likeness (QED) is 0.837. The molecule has 2 aromatic rings. The zero-order valence-electron chi connectivity index (χ0n) is 14.7. The second kappa shape index (κ2) is 9.53. The number of thiazole rings is 1. The van der Waals surface area contributed by atoms with Crippen LogP contribution in [0.2, 0.25) is 0 Å². The first-order valence-electron chi connectivity index (χ1n) is 8.14. The second-order valence-corrected chi connectivity index (χ2v) is 7.22. The number of carbonyl (C=O) groups is 1. The fourth-order valence-electron chi connectivity index (χ4n) is 2.81. The van der Waals surface area contributed by atoms with E-state index in [0.717, 1.165) is 30.2 Å². The average Bonchev–Trinajstić information content (AvgIpc) is 3.05. The third-order valence-electron chi connectivity index (χ3n) is 4.31. The topological polar surface area (TPSA) is 45.2 Å². The lowest BCUT2D eigenvalue weighted by Crippen LogP contribution is -2.52. The van der Waals surface area contributed by atoms with Crippen LogP contribution in [0.1, 0.15) is 42.7 Å². The Bertz CT molecular complexity index is 688. The number of carbonyl (C=O) groups excluding carboxylic acids is 1. The van der Waals surface area contributed by atoms with Crippen LogP contribution in [-0.2, 0) is 0 Å². The predicted molar refractivity (Wildman–Crippen MR) is 110 cm³/mol. The first kappa shape index (κ1) is 21.9. The number of hydrogen-bond donors (Lipinski definition) is 1. The number of hydrogen-bond acceptors (Lipinski definition) is 4. The summed E-state index contributed by atoms with van der Waals surface area (Å²) in [4.78, 5) is 19.1. The van der Waals surface area contributed by atoms with Crippen molar-refractivity contribution in [3.63, 3.8) is 0 Å². The molecule has 1 aromatic carbocycles. The Morgan fingerprint density at radius 3 is 2.56 bits per heavy atom. The van der Waals surface area contributed by atoms with Crippen LogP contribution in [0.4, 0.5) is 0 Å². The smallest absolute Gasteiger partial charge is 0.273 e. The van der Waals surface area contributed by atoms with Crippen LogP contribution in [0.5, 0.6) is 0 Å². The van der Waals surface area contributed by atoms with Gasteiger partial charge in [-0.25, -0.2) is 4.98 Å². The maximum absolute atomic E-state index is 12.6. The van der Waals surface area contributed by atoms with Crippen molar-refractivity contribution in [3.05, 3.63) is 40.9 Å². The Morgan fingerprint density at radius 1 is 1.28 bits per heavy atom. The van der Waals surface area contributed by atoms with E-state index in [-0.39, 0.29) is 36.8 Å². The van der Waals surface area contributed by atoms with Crippen molar-refractivity contribution in [2.75, 3.05) is 19.6 Å². The van der Waals surface area contributed by atoms with Crippen LogP contribution in [0.15, 0.2) is 29.6 Å². The Morgan fingerprint density at radius 2 is 1.96 bits per heavy atom. The number of piperazine rings is 1. The first-order valence-corrected chi connectivity index (χ1v) is 9.01. The van der Waals surface area contributed by atoms with Gasteiger partial charge in [0.2, 0.25) is 0 Å². The SMILES string of the molecule is CC(C)c1ccc(-c2nc(C(=O)N3CCNCC3C)cs2)cc1.Cl.Cl. The highest BCUT2D eigenvalue weighted by atomic mass is 35.5. The third-order valence-corrected chi connectivity index (χ3v) is 5.20. The van der Waals surface area contributed by atoms with Crippen LogP contribution in [0.25, 0.3) is 10.6 Å². The molecular formula is C18H25Cl2N3OS.